The predicted octanol–water partition coefficient (Wildman–Crippen LogP) is 3.43. The number of nitrogens with zero attached hydrogens (tertiary/aromatic N) is 5. The zero-order chi connectivity index (χ0) is 19.8. The van der Waals surface area contributed by atoms with E-state index in [4.69, 9.17) is 4.98 Å². The van der Waals surface area contributed by atoms with Crippen LogP contribution < -0.4 is 0 Å². The van der Waals surface area contributed by atoms with E-state index in [0.717, 1.165) is 60.3 Å². The van der Waals surface area contributed by atoms with Crippen molar-refractivity contribution in [2.24, 2.45) is 0 Å². The van der Waals surface area contributed by atoms with E-state index >= 15 is 0 Å². The van der Waals surface area contributed by atoms with Crippen LogP contribution in [0.15, 0.2) is 42.7 Å². The number of carbonyl (C=O) groups excluding carboxylic acids is 1. The van der Waals surface area contributed by atoms with E-state index in [1.807, 2.05) is 47.4 Å². The summed E-state index contributed by atoms with van der Waals surface area (Å²) < 4.78 is 1.89. The van der Waals surface area contributed by atoms with E-state index in [1.165, 1.54) is 19.4 Å². The number of benzene rings is 1. The highest BCUT2D eigenvalue weighted by Gasteiger charge is 2.31. The second-order valence-electron chi connectivity index (χ2n) is 8.09. The topological polar surface area (TPSA) is 54.3 Å². The van der Waals surface area contributed by atoms with Crippen LogP contribution in [0, 0.1) is 0 Å². The summed E-state index contributed by atoms with van der Waals surface area (Å²) >= 11 is 0. The Hall–Kier alpha value is -2.73. The van der Waals surface area contributed by atoms with Crippen LogP contribution in [-0.2, 0) is 6.54 Å². The van der Waals surface area contributed by atoms with Gasteiger partial charge in [-0.15, -0.1) is 0 Å². The zero-order valence-corrected chi connectivity index (χ0v) is 16.9. The summed E-state index contributed by atoms with van der Waals surface area (Å²) in [5, 5.41) is 5.31. The normalized spacial score (nSPS) is 20.0. The van der Waals surface area contributed by atoms with Crippen molar-refractivity contribution >= 4 is 16.8 Å². The number of amides is 1. The minimum Gasteiger partial charge on any atom is -0.337 e. The molecule has 1 atom stereocenters. The third kappa shape index (κ3) is 3.42. The molecular weight excluding hydrogens is 362 g/mol. The van der Waals surface area contributed by atoms with Crippen LogP contribution in [0.1, 0.15) is 36.5 Å². The molecule has 0 spiro atoms. The fraction of sp³-hybridized carbons (Fsp3) is 0.435. The summed E-state index contributed by atoms with van der Waals surface area (Å²) in [6.45, 7) is 6.81. The standard InChI is InChI=1S/C23H27N5O/c1-2-28-15-17(14-24-28)22-13-20(19-8-3-4-9-21(19)25-22)23(29)27-12-6-11-26-10-5-7-18(26)16-27/h3-4,8-9,13-15,18H,2,5-7,10-12,16H2,1H3/t18-/m1/s1. The van der Waals surface area contributed by atoms with Crippen LogP contribution in [0.25, 0.3) is 22.2 Å². The highest BCUT2D eigenvalue weighted by Crippen LogP contribution is 2.27. The molecule has 6 nitrogen and oxygen atoms in total. The maximum absolute atomic E-state index is 13.7. The molecular formula is C23H27N5O. The molecule has 3 aromatic rings. The second-order valence-corrected chi connectivity index (χ2v) is 8.09. The Balaban J connectivity index is 1.55. The van der Waals surface area contributed by atoms with Crippen LogP contribution in [-0.4, -0.2) is 62.7 Å². The summed E-state index contributed by atoms with van der Waals surface area (Å²) in [6, 6.07) is 10.4. The van der Waals surface area contributed by atoms with Crippen molar-refractivity contribution in [3.05, 3.63) is 48.3 Å². The van der Waals surface area contributed by atoms with Gasteiger partial charge in [0.25, 0.3) is 5.91 Å². The lowest BCUT2D eigenvalue weighted by molar-refractivity contribution is 0.0745. The Labute approximate surface area is 171 Å². The van der Waals surface area contributed by atoms with Gasteiger partial charge in [-0.2, -0.15) is 5.10 Å². The van der Waals surface area contributed by atoms with Gasteiger partial charge in [0.15, 0.2) is 0 Å². The van der Waals surface area contributed by atoms with Crippen LogP contribution in [0.5, 0.6) is 0 Å². The van der Waals surface area contributed by atoms with E-state index in [9.17, 15) is 4.79 Å². The maximum atomic E-state index is 13.7. The van der Waals surface area contributed by atoms with Crippen molar-refractivity contribution in [1.29, 1.82) is 0 Å². The highest BCUT2D eigenvalue weighted by atomic mass is 16.2. The third-order valence-corrected chi connectivity index (χ3v) is 6.29. The lowest BCUT2D eigenvalue weighted by atomic mass is 10.0. The molecule has 0 N–H and O–H groups in total. The van der Waals surface area contributed by atoms with Gasteiger partial charge in [-0.05, 0) is 44.9 Å². The first-order valence-electron chi connectivity index (χ1n) is 10.7. The summed E-state index contributed by atoms with van der Waals surface area (Å²) in [4.78, 5) is 23.1. The molecule has 0 unspecified atom stereocenters. The van der Waals surface area contributed by atoms with Gasteiger partial charge in [0, 0.05) is 49.4 Å². The third-order valence-electron chi connectivity index (χ3n) is 6.29. The lowest BCUT2D eigenvalue weighted by Gasteiger charge is -2.26. The van der Waals surface area contributed by atoms with Gasteiger partial charge in [-0.3, -0.25) is 14.4 Å². The highest BCUT2D eigenvalue weighted by molar-refractivity contribution is 6.07. The number of hydrogen-bond donors (Lipinski definition) is 0. The summed E-state index contributed by atoms with van der Waals surface area (Å²) in [7, 11) is 0. The molecule has 2 aliphatic heterocycles. The quantitative estimate of drug-likeness (QED) is 0.689. The first-order chi connectivity index (χ1) is 14.2. The van der Waals surface area contributed by atoms with Crippen molar-refractivity contribution in [1.82, 2.24) is 24.6 Å². The molecule has 150 valence electrons. The van der Waals surface area contributed by atoms with Gasteiger partial charge in [0.1, 0.15) is 0 Å². The number of hydrogen-bond acceptors (Lipinski definition) is 4. The Morgan fingerprint density at radius 1 is 1.17 bits per heavy atom. The van der Waals surface area contributed by atoms with E-state index < -0.39 is 0 Å². The predicted molar refractivity (Wildman–Crippen MR) is 114 cm³/mol. The van der Waals surface area contributed by atoms with Crippen molar-refractivity contribution in [3.8, 4) is 11.3 Å². The molecule has 5 rings (SSSR count). The van der Waals surface area contributed by atoms with Crippen LogP contribution in [0.4, 0.5) is 0 Å². The molecule has 4 heterocycles. The number of carbonyl (C=O) groups is 1. The number of fused-ring (bicyclic) bond motifs is 2. The smallest absolute Gasteiger partial charge is 0.254 e. The number of para-hydroxylation sites is 1. The van der Waals surface area contributed by atoms with Gasteiger partial charge in [0.2, 0.25) is 0 Å². The SMILES string of the molecule is CCn1cc(-c2cc(C(=O)N3CCCN4CCC[C@@H]4C3)c3ccccc3n2)cn1. The maximum Gasteiger partial charge on any atom is 0.254 e. The fourth-order valence-electron chi connectivity index (χ4n) is 4.73. The zero-order valence-electron chi connectivity index (χ0n) is 16.9. The molecule has 6 heteroatoms. The van der Waals surface area contributed by atoms with Gasteiger partial charge in [-0.1, -0.05) is 18.2 Å². The summed E-state index contributed by atoms with van der Waals surface area (Å²) in [5.41, 5.74) is 3.37. The van der Waals surface area contributed by atoms with E-state index in [2.05, 4.69) is 21.8 Å². The van der Waals surface area contributed by atoms with E-state index in [-0.39, 0.29) is 5.91 Å². The summed E-state index contributed by atoms with van der Waals surface area (Å²) in [6.07, 6.45) is 7.31. The largest absolute Gasteiger partial charge is 0.337 e. The average Bonchev–Trinajstić information content (AvgIpc) is 3.37. The minimum atomic E-state index is 0.126. The van der Waals surface area contributed by atoms with E-state index in [0.29, 0.717) is 6.04 Å². The van der Waals surface area contributed by atoms with Crippen molar-refractivity contribution in [3.63, 3.8) is 0 Å². The molecule has 0 bridgehead atoms. The molecule has 2 aromatic heterocycles. The molecule has 0 saturated carbocycles. The van der Waals surface area contributed by atoms with Gasteiger partial charge < -0.3 is 4.90 Å². The van der Waals surface area contributed by atoms with Crippen LogP contribution in [0.3, 0.4) is 0 Å². The molecule has 0 aliphatic carbocycles. The fourth-order valence-corrected chi connectivity index (χ4v) is 4.73. The Morgan fingerprint density at radius 3 is 2.90 bits per heavy atom. The number of aryl methyl sites for hydroxylation is 1. The number of rotatable bonds is 3. The average molecular weight is 390 g/mol. The van der Waals surface area contributed by atoms with Gasteiger partial charge >= 0.3 is 0 Å². The van der Waals surface area contributed by atoms with Crippen LogP contribution >= 0.6 is 0 Å². The number of aromatic nitrogens is 3. The lowest BCUT2D eigenvalue weighted by Crippen LogP contribution is -2.39. The molecule has 2 aliphatic rings. The first kappa shape index (κ1) is 18.3. The Bertz CT molecular complexity index is 1040. The molecule has 2 saturated heterocycles. The Morgan fingerprint density at radius 2 is 2.03 bits per heavy atom. The van der Waals surface area contributed by atoms with Crippen molar-refractivity contribution in [2.75, 3.05) is 26.2 Å². The monoisotopic (exact) mass is 389 g/mol. The van der Waals surface area contributed by atoms with Crippen molar-refractivity contribution in [2.45, 2.75) is 38.8 Å². The summed E-state index contributed by atoms with van der Waals surface area (Å²) in [5.74, 6) is 0.126. The first-order valence-corrected chi connectivity index (χ1v) is 10.7. The molecule has 2 fully saturated rings. The molecule has 0 radical (unpaired) electrons. The minimum absolute atomic E-state index is 0.126. The Kier molecular flexibility index (Phi) is 4.79. The molecule has 1 aromatic carbocycles. The van der Waals surface area contributed by atoms with Crippen molar-refractivity contribution < 1.29 is 4.79 Å². The van der Waals surface area contributed by atoms with E-state index in [1.54, 1.807) is 0 Å². The van der Waals surface area contributed by atoms with Gasteiger partial charge in [-0.25, -0.2) is 4.98 Å². The second kappa shape index (κ2) is 7.59. The van der Waals surface area contributed by atoms with Gasteiger partial charge in [0.05, 0.1) is 23.0 Å². The molecule has 29 heavy (non-hydrogen) atoms. The molecule has 1 amide bonds. The number of pyridine rings is 1. The van der Waals surface area contributed by atoms with Crippen LogP contribution in [0.2, 0.25) is 0 Å².